The molecule has 0 bridgehead atoms. The fraction of sp³-hybridized carbons (Fsp3) is 0.233. The molecule has 2 aromatic carbocycles. The van der Waals surface area contributed by atoms with Crippen LogP contribution in [0.4, 0.5) is 5.82 Å². The fourth-order valence-electron chi connectivity index (χ4n) is 4.70. The van der Waals surface area contributed by atoms with Crippen molar-refractivity contribution < 1.29 is 9.84 Å². The van der Waals surface area contributed by atoms with Crippen LogP contribution in [0.25, 0.3) is 10.9 Å². The minimum Gasteiger partial charge on any atom is -0.452 e. The Labute approximate surface area is 227 Å². The van der Waals surface area contributed by atoms with Crippen LogP contribution in [0.5, 0.6) is 11.5 Å². The molecule has 0 fully saturated rings. The molecule has 194 valence electrons. The lowest BCUT2D eigenvalue weighted by Crippen LogP contribution is -2.31. The van der Waals surface area contributed by atoms with Crippen molar-refractivity contribution in [2.45, 2.75) is 26.4 Å². The molecule has 5 aromatic rings. The molecule has 1 atom stereocenters. The second-order valence-corrected chi connectivity index (χ2v) is 9.56. The van der Waals surface area contributed by atoms with Crippen LogP contribution in [-0.2, 0) is 12.6 Å². The second-order valence-electron chi connectivity index (χ2n) is 9.19. The summed E-state index contributed by atoms with van der Waals surface area (Å²) in [6.45, 7) is 7.55. The van der Waals surface area contributed by atoms with E-state index in [-0.39, 0.29) is 0 Å². The fourth-order valence-corrected chi connectivity index (χ4v) is 4.98. The number of halogens is 1. The van der Waals surface area contributed by atoms with Gasteiger partial charge in [-0.15, -0.1) is 0 Å². The number of anilines is 1. The summed E-state index contributed by atoms with van der Waals surface area (Å²) in [4.78, 5) is 15.8. The van der Waals surface area contributed by atoms with Gasteiger partial charge in [-0.25, -0.2) is 9.97 Å². The van der Waals surface area contributed by atoms with E-state index in [0.717, 1.165) is 18.8 Å². The van der Waals surface area contributed by atoms with Crippen LogP contribution in [0.1, 0.15) is 36.4 Å². The predicted molar refractivity (Wildman–Crippen MR) is 151 cm³/mol. The van der Waals surface area contributed by atoms with Gasteiger partial charge in [-0.05, 0) is 56.7 Å². The average Bonchev–Trinajstić information content (AvgIpc) is 3.38. The van der Waals surface area contributed by atoms with E-state index in [1.165, 1.54) is 0 Å². The van der Waals surface area contributed by atoms with Gasteiger partial charge in [-0.3, -0.25) is 4.98 Å². The largest absolute Gasteiger partial charge is 0.452 e. The van der Waals surface area contributed by atoms with Crippen molar-refractivity contribution in [3.05, 3.63) is 107 Å². The Bertz CT molecular complexity index is 1570. The van der Waals surface area contributed by atoms with Gasteiger partial charge in [0, 0.05) is 43.0 Å². The number of rotatable bonds is 8. The quantitative estimate of drug-likeness (QED) is 0.257. The van der Waals surface area contributed by atoms with Crippen LogP contribution >= 0.6 is 11.6 Å². The molecule has 0 aliphatic heterocycles. The van der Waals surface area contributed by atoms with Gasteiger partial charge in [0.25, 0.3) is 0 Å². The molecular formula is C30H30ClN5O2. The number of hydrogen-bond donors (Lipinski definition) is 1. The van der Waals surface area contributed by atoms with Crippen molar-refractivity contribution in [3.8, 4) is 11.5 Å². The number of fused-ring (bicyclic) bond motifs is 1. The number of aryl methyl sites for hydroxylation is 2. The third-order valence-electron chi connectivity index (χ3n) is 6.82. The molecule has 0 aliphatic carbocycles. The smallest absolute Gasteiger partial charge is 0.189 e. The minimum absolute atomic E-state index is 0.428. The number of imidazole rings is 1. The minimum atomic E-state index is -1.53. The Morgan fingerprint density at radius 1 is 1.00 bits per heavy atom. The number of aromatic nitrogens is 4. The van der Waals surface area contributed by atoms with Gasteiger partial charge in [-0.2, -0.15) is 0 Å². The number of pyridine rings is 2. The molecule has 1 N–H and O–H groups in total. The normalized spacial score (nSPS) is 12.9. The molecule has 0 saturated heterocycles. The van der Waals surface area contributed by atoms with Gasteiger partial charge in [0.15, 0.2) is 17.2 Å². The van der Waals surface area contributed by atoms with Gasteiger partial charge < -0.3 is 19.3 Å². The zero-order chi connectivity index (χ0) is 26.9. The van der Waals surface area contributed by atoms with E-state index < -0.39 is 5.60 Å². The van der Waals surface area contributed by atoms with Crippen LogP contribution in [0.15, 0.2) is 79.4 Å². The van der Waals surface area contributed by atoms with Crippen molar-refractivity contribution in [2.75, 3.05) is 18.0 Å². The summed E-state index contributed by atoms with van der Waals surface area (Å²) in [7, 11) is 1.85. The molecule has 7 nitrogen and oxygen atoms in total. The number of para-hydroxylation sites is 1. The zero-order valence-electron chi connectivity index (χ0n) is 21.9. The van der Waals surface area contributed by atoms with Crippen LogP contribution < -0.4 is 9.64 Å². The van der Waals surface area contributed by atoms with Gasteiger partial charge in [0.2, 0.25) is 0 Å². The van der Waals surface area contributed by atoms with Gasteiger partial charge in [0.1, 0.15) is 5.75 Å². The number of benzene rings is 2. The lowest BCUT2D eigenvalue weighted by molar-refractivity contribution is 0.117. The first-order valence-electron chi connectivity index (χ1n) is 12.6. The first kappa shape index (κ1) is 25.7. The summed E-state index contributed by atoms with van der Waals surface area (Å²) in [5, 5.41) is 13.5. The van der Waals surface area contributed by atoms with Gasteiger partial charge >= 0.3 is 0 Å². The van der Waals surface area contributed by atoms with Crippen molar-refractivity contribution in [3.63, 3.8) is 0 Å². The maximum absolute atomic E-state index is 12.4. The summed E-state index contributed by atoms with van der Waals surface area (Å²) in [6, 6.07) is 18.9. The summed E-state index contributed by atoms with van der Waals surface area (Å²) in [5.74, 6) is 1.82. The SMILES string of the molecule is CCN(CC)c1nc2ccc(C(O)(c3ccc(C)nc3)c3cncn3C)cc2c(Cl)c1Oc1ccccc1. The highest BCUT2D eigenvalue weighted by Crippen LogP contribution is 2.44. The molecule has 38 heavy (non-hydrogen) atoms. The number of nitrogens with zero attached hydrogens (tertiary/aromatic N) is 5. The Balaban J connectivity index is 1.75. The van der Waals surface area contributed by atoms with E-state index in [0.29, 0.717) is 50.1 Å². The molecule has 0 aliphatic rings. The molecule has 3 aromatic heterocycles. The Hall–Kier alpha value is -3.94. The highest BCUT2D eigenvalue weighted by atomic mass is 35.5. The molecular weight excluding hydrogens is 498 g/mol. The average molecular weight is 528 g/mol. The molecule has 0 spiro atoms. The Morgan fingerprint density at radius 3 is 2.37 bits per heavy atom. The monoisotopic (exact) mass is 527 g/mol. The standard InChI is InChI=1S/C30H30ClN5O2/c1-5-36(6-2)29-28(38-23-10-8-7-9-11-23)27(31)24-16-21(14-15-25(24)34-29)30(37,26-18-32-19-35(26)4)22-13-12-20(3)33-17-22/h7-19,37H,5-6H2,1-4H3. The molecule has 8 heteroatoms. The van der Waals surface area contributed by atoms with Gasteiger partial charge in [0.05, 0.1) is 28.8 Å². The maximum atomic E-state index is 12.4. The number of aliphatic hydroxyl groups is 1. The molecule has 0 saturated carbocycles. The van der Waals surface area contributed by atoms with Crippen molar-refractivity contribution in [1.82, 2.24) is 19.5 Å². The van der Waals surface area contributed by atoms with Crippen LogP contribution in [-0.4, -0.2) is 37.7 Å². The maximum Gasteiger partial charge on any atom is 0.189 e. The number of hydrogen-bond acceptors (Lipinski definition) is 6. The van der Waals surface area contributed by atoms with E-state index in [2.05, 4.69) is 28.7 Å². The van der Waals surface area contributed by atoms with E-state index in [1.54, 1.807) is 23.3 Å². The lowest BCUT2D eigenvalue weighted by atomic mass is 9.83. The highest BCUT2D eigenvalue weighted by molar-refractivity contribution is 6.37. The molecule has 0 amide bonds. The van der Waals surface area contributed by atoms with Crippen molar-refractivity contribution >= 4 is 28.3 Å². The van der Waals surface area contributed by atoms with Crippen molar-refractivity contribution in [2.24, 2.45) is 7.05 Å². The predicted octanol–water partition coefficient (Wildman–Crippen LogP) is 6.25. The Morgan fingerprint density at radius 2 is 1.74 bits per heavy atom. The first-order chi connectivity index (χ1) is 18.4. The third kappa shape index (κ3) is 4.48. The Kier molecular flexibility index (Phi) is 7.06. The van der Waals surface area contributed by atoms with E-state index in [1.807, 2.05) is 74.6 Å². The topological polar surface area (TPSA) is 76.3 Å². The summed E-state index contributed by atoms with van der Waals surface area (Å²) < 4.78 is 8.13. The number of ether oxygens (including phenoxy) is 1. The lowest BCUT2D eigenvalue weighted by Gasteiger charge is -2.30. The second kappa shape index (κ2) is 10.4. The van der Waals surface area contributed by atoms with Crippen LogP contribution in [0, 0.1) is 6.92 Å². The molecule has 5 rings (SSSR count). The van der Waals surface area contributed by atoms with E-state index in [9.17, 15) is 5.11 Å². The molecule has 0 radical (unpaired) electrons. The van der Waals surface area contributed by atoms with Crippen molar-refractivity contribution in [1.29, 1.82) is 0 Å². The molecule has 1 unspecified atom stereocenters. The van der Waals surface area contributed by atoms with Crippen LogP contribution in [0.2, 0.25) is 5.02 Å². The summed E-state index contributed by atoms with van der Waals surface area (Å²) >= 11 is 7.10. The molecule has 3 heterocycles. The van der Waals surface area contributed by atoms with E-state index >= 15 is 0 Å². The summed E-state index contributed by atoms with van der Waals surface area (Å²) in [6.07, 6.45) is 5.02. The zero-order valence-corrected chi connectivity index (χ0v) is 22.6. The first-order valence-corrected chi connectivity index (χ1v) is 13.0. The third-order valence-corrected chi connectivity index (χ3v) is 7.20. The van der Waals surface area contributed by atoms with E-state index in [4.69, 9.17) is 21.3 Å². The highest BCUT2D eigenvalue weighted by Gasteiger charge is 2.37. The van der Waals surface area contributed by atoms with Gasteiger partial charge in [-0.1, -0.05) is 41.9 Å². The van der Waals surface area contributed by atoms with Crippen LogP contribution in [0.3, 0.4) is 0 Å². The summed E-state index contributed by atoms with van der Waals surface area (Å²) in [5.41, 5.74) is 1.88.